The Bertz CT molecular complexity index is 678. The second-order valence-electron chi connectivity index (χ2n) is 5.71. The van der Waals surface area contributed by atoms with E-state index >= 15 is 0 Å². The van der Waals surface area contributed by atoms with Crippen molar-refractivity contribution < 1.29 is 17.9 Å². The van der Waals surface area contributed by atoms with E-state index in [2.05, 4.69) is 5.32 Å². The maximum Gasteiger partial charge on any atom is 0.261 e. The van der Waals surface area contributed by atoms with Gasteiger partial charge in [0.1, 0.15) is 5.75 Å². The summed E-state index contributed by atoms with van der Waals surface area (Å²) in [6.45, 7) is 0. The molecule has 21 heavy (non-hydrogen) atoms. The molecule has 0 spiro atoms. The number of benzene rings is 1. The number of methoxy groups -OCH3 is 1. The number of ether oxygens (including phenoxy) is 1. The summed E-state index contributed by atoms with van der Waals surface area (Å²) in [4.78, 5) is 12.2. The highest BCUT2D eigenvalue weighted by Gasteiger charge is 2.48. The van der Waals surface area contributed by atoms with E-state index in [1.165, 1.54) is 31.7 Å². The fraction of sp³-hybridized carbons (Fsp3) is 0.500. The van der Waals surface area contributed by atoms with Gasteiger partial charge in [0.2, 0.25) is 5.91 Å². The minimum absolute atomic E-state index is 0.00900. The summed E-state index contributed by atoms with van der Waals surface area (Å²) in [6.07, 6.45) is 3.09. The van der Waals surface area contributed by atoms with E-state index in [1.54, 1.807) is 0 Å². The van der Waals surface area contributed by atoms with Crippen molar-refractivity contribution in [2.45, 2.75) is 24.2 Å². The number of carbonyl (C=O) groups is 1. The molecule has 2 aliphatic rings. The van der Waals surface area contributed by atoms with Crippen LogP contribution in [0.4, 0.5) is 5.69 Å². The summed E-state index contributed by atoms with van der Waals surface area (Å²) >= 11 is 0. The Morgan fingerprint density at radius 3 is 2.52 bits per heavy atom. The van der Waals surface area contributed by atoms with Gasteiger partial charge in [0.25, 0.3) is 9.05 Å². The third kappa shape index (κ3) is 3.01. The van der Waals surface area contributed by atoms with E-state index in [4.69, 9.17) is 15.4 Å². The van der Waals surface area contributed by atoms with Crippen LogP contribution in [0.3, 0.4) is 0 Å². The SMILES string of the molecule is COc1ccc(S(=O)(=O)Cl)cc1NC(=O)C1CC2CC2C1. The number of nitrogens with one attached hydrogen (secondary N) is 1. The van der Waals surface area contributed by atoms with Crippen LogP contribution in [0.1, 0.15) is 19.3 Å². The first-order valence-corrected chi connectivity index (χ1v) is 9.13. The van der Waals surface area contributed by atoms with Crippen LogP contribution < -0.4 is 10.1 Å². The number of carbonyl (C=O) groups excluding carboxylic acids is 1. The second kappa shape index (κ2) is 5.18. The Morgan fingerprint density at radius 1 is 1.29 bits per heavy atom. The summed E-state index contributed by atoms with van der Waals surface area (Å²) in [5, 5.41) is 2.77. The molecule has 0 heterocycles. The molecule has 0 bridgehead atoms. The van der Waals surface area contributed by atoms with Gasteiger partial charge in [-0.2, -0.15) is 0 Å². The molecule has 114 valence electrons. The van der Waals surface area contributed by atoms with Crippen molar-refractivity contribution >= 4 is 31.3 Å². The zero-order valence-corrected chi connectivity index (χ0v) is 13.1. The van der Waals surface area contributed by atoms with Crippen molar-refractivity contribution in [1.29, 1.82) is 0 Å². The van der Waals surface area contributed by atoms with Crippen LogP contribution in [0.5, 0.6) is 5.75 Å². The quantitative estimate of drug-likeness (QED) is 0.862. The lowest BCUT2D eigenvalue weighted by atomic mass is 10.0. The van der Waals surface area contributed by atoms with E-state index in [0.29, 0.717) is 23.3 Å². The number of halogens is 1. The van der Waals surface area contributed by atoms with Crippen molar-refractivity contribution in [3.05, 3.63) is 18.2 Å². The minimum atomic E-state index is -3.84. The highest BCUT2D eigenvalue weighted by atomic mass is 35.7. The monoisotopic (exact) mass is 329 g/mol. The number of hydrogen-bond acceptors (Lipinski definition) is 4. The van der Waals surface area contributed by atoms with E-state index in [-0.39, 0.29) is 16.7 Å². The fourth-order valence-electron chi connectivity index (χ4n) is 3.10. The molecule has 0 saturated heterocycles. The summed E-state index contributed by atoms with van der Waals surface area (Å²) in [5.41, 5.74) is 0.338. The number of amides is 1. The van der Waals surface area contributed by atoms with E-state index in [0.717, 1.165) is 12.8 Å². The van der Waals surface area contributed by atoms with Gasteiger partial charge in [0, 0.05) is 16.6 Å². The molecule has 1 aromatic rings. The Kier molecular flexibility index (Phi) is 3.61. The van der Waals surface area contributed by atoms with Gasteiger partial charge in [-0.25, -0.2) is 8.42 Å². The molecule has 1 N–H and O–H groups in total. The molecule has 2 aliphatic carbocycles. The molecule has 7 heteroatoms. The zero-order valence-electron chi connectivity index (χ0n) is 11.5. The average Bonchev–Trinajstić information content (AvgIpc) is 3.04. The van der Waals surface area contributed by atoms with Gasteiger partial charge in [-0.1, -0.05) is 0 Å². The topological polar surface area (TPSA) is 72.5 Å². The lowest BCUT2D eigenvalue weighted by Gasteiger charge is -2.15. The normalized spacial score (nSPS) is 27.0. The molecule has 1 amide bonds. The van der Waals surface area contributed by atoms with Crippen molar-refractivity contribution in [2.75, 3.05) is 12.4 Å². The van der Waals surface area contributed by atoms with Gasteiger partial charge < -0.3 is 10.1 Å². The lowest BCUT2D eigenvalue weighted by molar-refractivity contribution is -0.120. The third-order valence-corrected chi connectivity index (χ3v) is 5.68. The average molecular weight is 330 g/mol. The molecule has 0 radical (unpaired) electrons. The van der Waals surface area contributed by atoms with E-state index in [1.807, 2.05) is 0 Å². The zero-order chi connectivity index (χ0) is 15.2. The maximum absolute atomic E-state index is 12.3. The van der Waals surface area contributed by atoms with Crippen LogP contribution >= 0.6 is 10.7 Å². The van der Waals surface area contributed by atoms with Gasteiger partial charge in [0.05, 0.1) is 17.7 Å². The van der Waals surface area contributed by atoms with Crippen LogP contribution in [0.2, 0.25) is 0 Å². The predicted octanol–water partition coefficient (Wildman–Crippen LogP) is 2.61. The van der Waals surface area contributed by atoms with Crippen molar-refractivity contribution in [2.24, 2.45) is 17.8 Å². The Morgan fingerprint density at radius 2 is 1.95 bits per heavy atom. The second-order valence-corrected chi connectivity index (χ2v) is 8.28. The van der Waals surface area contributed by atoms with Crippen LogP contribution in [0, 0.1) is 17.8 Å². The molecule has 0 aromatic heterocycles. The highest BCUT2D eigenvalue weighted by Crippen LogP contribution is 2.54. The van der Waals surface area contributed by atoms with Crippen LogP contribution in [-0.4, -0.2) is 21.4 Å². The molecule has 2 saturated carbocycles. The number of anilines is 1. The third-order valence-electron chi connectivity index (χ3n) is 4.32. The Labute approximate surface area is 128 Å². The van der Waals surface area contributed by atoms with Crippen LogP contribution in [-0.2, 0) is 13.8 Å². The van der Waals surface area contributed by atoms with Crippen LogP contribution in [0.25, 0.3) is 0 Å². The molecule has 5 nitrogen and oxygen atoms in total. The molecular formula is C14H16ClNO4S. The smallest absolute Gasteiger partial charge is 0.261 e. The summed E-state index contributed by atoms with van der Waals surface area (Å²) < 4.78 is 27.9. The molecule has 3 rings (SSSR count). The van der Waals surface area contributed by atoms with Crippen molar-refractivity contribution in [1.82, 2.24) is 0 Å². The fourth-order valence-corrected chi connectivity index (χ4v) is 3.88. The van der Waals surface area contributed by atoms with Crippen LogP contribution in [0.15, 0.2) is 23.1 Å². The van der Waals surface area contributed by atoms with Gasteiger partial charge in [-0.05, 0) is 49.3 Å². The molecule has 2 atom stereocenters. The standard InChI is InChI=1S/C14H16ClNO4S/c1-20-13-3-2-11(21(15,18)19)7-12(13)16-14(17)10-5-8-4-9(8)6-10/h2-3,7-10H,4-6H2,1H3,(H,16,17). The molecule has 2 unspecified atom stereocenters. The first-order valence-electron chi connectivity index (χ1n) is 6.82. The number of fused-ring (bicyclic) bond motifs is 1. The van der Waals surface area contributed by atoms with Gasteiger partial charge in [0.15, 0.2) is 0 Å². The first kappa shape index (κ1) is 14.7. The summed E-state index contributed by atoms with van der Waals surface area (Å²) in [7, 11) is 2.95. The predicted molar refractivity (Wildman–Crippen MR) is 79.0 cm³/mol. The van der Waals surface area contributed by atoms with Gasteiger partial charge >= 0.3 is 0 Å². The van der Waals surface area contributed by atoms with Gasteiger partial charge in [-0.15, -0.1) is 0 Å². The minimum Gasteiger partial charge on any atom is -0.495 e. The molecule has 2 fully saturated rings. The first-order chi connectivity index (χ1) is 9.88. The summed E-state index contributed by atoms with van der Waals surface area (Å²) in [6, 6.07) is 4.16. The van der Waals surface area contributed by atoms with Crippen molar-refractivity contribution in [3.63, 3.8) is 0 Å². The van der Waals surface area contributed by atoms with Gasteiger partial charge in [-0.3, -0.25) is 4.79 Å². The highest BCUT2D eigenvalue weighted by molar-refractivity contribution is 8.13. The van der Waals surface area contributed by atoms with E-state index in [9.17, 15) is 13.2 Å². The molecule has 0 aliphatic heterocycles. The molecule has 1 aromatic carbocycles. The summed E-state index contributed by atoms with van der Waals surface area (Å²) in [5.74, 6) is 1.75. The number of rotatable bonds is 4. The number of hydrogen-bond donors (Lipinski definition) is 1. The molecular weight excluding hydrogens is 314 g/mol. The van der Waals surface area contributed by atoms with E-state index < -0.39 is 9.05 Å². The largest absolute Gasteiger partial charge is 0.495 e. The van der Waals surface area contributed by atoms with Crippen molar-refractivity contribution in [3.8, 4) is 5.75 Å². The maximum atomic E-state index is 12.3. The lowest BCUT2D eigenvalue weighted by Crippen LogP contribution is -2.22. The Hall–Kier alpha value is -1.27. The Balaban J connectivity index is 1.81.